The lowest BCUT2D eigenvalue weighted by Crippen LogP contribution is -2.08. The van der Waals surface area contributed by atoms with Crippen molar-refractivity contribution in [3.8, 4) is 0 Å². The van der Waals surface area contributed by atoms with Crippen molar-refractivity contribution in [2.45, 2.75) is 71.9 Å². The Morgan fingerprint density at radius 2 is 1.00 bits per heavy atom. The summed E-state index contributed by atoms with van der Waals surface area (Å²) in [6.07, 6.45) is 3.22. The maximum atomic E-state index is 4.18. The lowest BCUT2D eigenvalue weighted by molar-refractivity contribution is 0.586. The molecule has 4 heteroatoms. The summed E-state index contributed by atoms with van der Waals surface area (Å²) in [6.45, 7) is 13.8. The van der Waals surface area contributed by atoms with Crippen LogP contribution in [0.15, 0.2) is 20.0 Å². The molecule has 0 fully saturated rings. The molecule has 0 bridgehead atoms. The molecule has 4 nitrogen and oxygen atoms in total. The van der Waals surface area contributed by atoms with Crippen LogP contribution < -0.4 is 0 Å². The van der Waals surface area contributed by atoms with Gasteiger partial charge in [0.2, 0.25) is 0 Å². The Balaban J connectivity index is 3.63. The maximum Gasteiger partial charge on any atom is 0.0898 e. The highest BCUT2D eigenvalue weighted by Crippen LogP contribution is 2.04. The average molecular weight is 264 g/mol. The summed E-state index contributed by atoms with van der Waals surface area (Å²) in [4.78, 5) is 16.6. The topological polar surface area (TPSA) is 49.4 Å². The van der Waals surface area contributed by atoms with Crippen LogP contribution in [0.25, 0.3) is 0 Å². The molecule has 0 radical (unpaired) electrons. The number of aliphatic imine (C=N–C) groups is 4. The minimum absolute atomic E-state index is 0.0788. The summed E-state index contributed by atoms with van der Waals surface area (Å²) in [5, 5.41) is 0. The monoisotopic (exact) mass is 264 g/mol. The van der Waals surface area contributed by atoms with Gasteiger partial charge in [-0.2, -0.15) is 0 Å². The highest BCUT2D eigenvalue weighted by Gasteiger charge is 2.04. The first-order valence-electron chi connectivity index (χ1n) is 6.97. The second kappa shape index (κ2) is 8.79. The quantitative estimate of drug-likeness (QED) is 0.512. The largest absolute Gasteiger partial charge is 0.226 e. The predicted molar refractivity (Wildman–Crippen MR) is 82.8 cm³/mol. The van der Waals surface area contributed by atoms with Gasteiger partial charge in [0.05, 0.1) is 23.1 Å². The average Bonchev–Trinajstić information content (AvgIpc) is 2.22. The van der Waals surface area contributed by atoms with E-state index in [9.17, 15) is 0 Å². The van der Waals surface area contributed by atoms with Gasteiger partial charge < -0.3 is 0 Å². The fourth-order valence-corrected chi connectivity index (χ4v) is 1.03. The highest BCUT2D eigenvalue weighted by molar-refractivity contribution is 5.42. The molecule has 0 atom stereocenters. The number of unbranched alkanes of at least 4 members (excludes halogenated alkanes) is 2. The van der Waals surface area contributed by atoms with Gasteiger partial charge in [0, 0.05) is 13.1 Å². The molecule has 0 aromatic heterocycles. The van der Waals surface area contributed by atoms with Crippen molar-refractivity contribution in [2.24, 2.45) is 20.0 Å². The molecule has 0 spiro atoms. The minimum Gasteiger partial charge on any atom is -0.226 e. The molecule has 0 aliphatic carbocycles. The summed E-state index contributed by atoms with van der Waals surface area (Å²) in [7, 11) is 0. The van der Waals surface area contributed by atoms with Crippen LogP contribution in [0.2, 0.25) is 0 Å². The van der Waals surface area contributed by atoms with Crippen LogP contribution in [0.1, 0.15) is 60.8 Å². The lowest BCUT2D eigenvalue weighted by atomic mass is 10.1. The van der Waals surface area contributed by atoms with Gasteiger partial charge in [0.1, 0.15) is 0 Å². The van der Waals surface area contributed by atoms with Gasteiger partial charge in [-0.15, -0.1) is 0 Å². The molecule has 108 valence electrons. The molecule has 0 aromatic rings. The normalized spacial score (nSPS) is 11.3. The maximum absolute atomic E-state index is 4.18. The van der Waals surface area contributed by atoms with Gasteiger partial charge in [0.15, 0.2) is 0 Å². The van der Waals surface area contributed by atoms with Gasteiger partial charge in [-0.05, 0) is 60.8 Å². The number of nitrogens with zero attached hydrogens (tertiary/aromatic N) is 4. The van der Waals surface area contributed by atoms with Crippen LogP contribution in [-0.2, 0) is 0 Å². The molecule has 0 unspecified atom stereocenters. The van der Waals surface area contributed by atoms with Crippen LogP contribution in [0.5, 0.6) is 0 Å². The van der Waals surface area contributed by atoms with Gasteiger partial charge in [-0.1, -0.05) is 0 Å². The van der Waals surface area contributed by atoms with Crippen LogP contribution in [0.3, 0.4) is 0 Å². The molecule has 0 aliphatic rings. The van der Waals surface area contributed by atoms with Crippen molar-refractivity contribution in [3.63, 3.8) is 0 Å². The Kier molecular flexibility index (Phi) is 8.22. The zero-order valence-electron chi connectivity index (χ0n) is 13.3. The van der Waals surface area contributed by atoms with Gasteiger partial charge in [-0.25, -0.2) is 20.0 Å². The van der Waals surface area contributed by atoms with Crippen molar-refractivity contribution in [2.75, 3.05) is 13.1 Å². The molecule has 0 heterocycles. The van der Waals surface area contributed by atoms with Crippen molar-refractivity contribution >= 4 is 12.0 Å². The third kappa shape index (κ3) is 16.8. The van der Waals surface area contributed by atoms with E-state index >= 15 is 0 Å². The molecule has 0 aromatic carbocycles. The highest BCUT2D eigenvalue weighted by atomic mass is 14.9. The fraction of sp³-hybridized carbons (Fsp3) is 0.867. The molecule has 19 heavy (non-hydrogen) atoms. The molecule has 0 amide bonds. The third-order valence-electron chi connectivity index (χ3n) is 1.95. The summed E-state index contributed by atoms with van der Waals surface area (Å²) in [6, 6.07) is 5.50. The summed E-state index contributed by atoms with van der Waals surface area (Å²) in [5.41, 5.74) is -0.158. The first kappa shape index (κ1) is 17.8. The molecule has 0 saturated heterocycles. The molecule has 0 rings (SSSR count). The molecule has 0 saturated carbocycles. The number of rotatable bonds is 6. The Bertz CT molecular complexity index is 321. The van der Waals surface area contributed by atoms with Gasteiger partial charge >= 0.3 is 0 Å². The van der Waals surface area contributed by atoms with E-state index in [1.54, 1.807) is 0 Å². The Labute approximate surface area is 117 Å². The van der Waals surface area contributed by atoms with E-state index in [1.165, 1.54) is 0 Å². The second-order valence-electron chi connectivity index (χ2n) is 6.59. The number of hydrogen-bond acceptors (Lipinski definition) is 4. The zero-order chi connectivity index (χ0) is 14.8. The van der Waals surface area contributed by atoms with Crippen LogP contribution in [0.4, 0.5) is 0 Å². The first-order valence-corrected chi connectivity index (χ1v) is 6.97. The molecular weight excluding hydrogens is 236 g/mol. The van der Waals surface area contributed by atoms with Crippen LogP contribution >= 0.6 is 0 Å². The molecule has 0 aliphatic heterocycles. The molecular formula is C15H28N4. The Morgan fingerprint density at radius 1 is 0.632 bits per heavy atom. The van der Waals surface area contributed by atoms with Crippen molar-refractivity contribution in [1.82, 2.24) is 0 Å². The third-order valence-corrected chi connectivity index (χ3v) is 1.95. The minimum atomic E-state index is -0.0788. The van der Waals surface area contributed by atoms with E-state index in [4.69, 9.17) is 0 Å². The lowest BCUT2D eigenvalue weighted by Gasteiger charge is -2.06. The van der Waals surface area contributed by atoms with E-state index in [1.807, 2.05) is 41.5 Å². The summed E-state index contributed by atoms with van der Waals surface area (Å²) < 4.78 is 0. The molecule has 0 N–H and O–H groups in total. The van der Waals surface area contributed by atoms with Crippen LogP contribution in [0, 0.1) is 0 Å². The fourth-order valence-electron chi connectivity index (χ4n) is 1.03. The SMILES string of the molecule is CC(C)(C)N=C=NCCCCCN=C=NC(C)(C)C. The van der Waals surface area contributed by atoms with E-state index < -0.39 is 0 Å². The smallest absolute Gasteiger partial charge is 0.0898 e. The van der Waals surface area contributed by atoms with Gasteiger partial charge in [0.25, 0.3) is 0 Å². The Hall–Kier alpha value is -1.24. The Morgan fingerprint density at radius 3 is 1.32 bits per heavy atom. The first-order chi connectivity index (χ1) is 8.71. The predicted octanol–water partition coefficient (Wildman–Crippen LogP) is 4.10. The van der Waals surface area contributed by atoms with E-state index in [0.29, 0.717) is 0 Å². The van der Waals surface area contributed by atoms with Crippen molar-refractivity contribution in [1.29, 1.82) is 0 Å². The standard InChI is InChI=1S/C15H28N4/c1-14(2,3)18-12-16-10-8-7-9-11-17-13-19-15(4,5)6/h7-11H2,1-6H3. The van der Waals surface area contributed by atoms with E-state index in [0.717, 1.165) is 32.4 Å². The van der Waals surface area contributed by atoms with Crippen molar-refractivity contribution < 1.29 is 0 Å². The van der Waals surface area contributed by atoms with E-state index in [-0.39, 0.29) is 11.1 Å². The summed E-state index contributed by atoms with van der Waals surface area (Å²) >= 11 is 0. The summed E-state index contributed by atoms with van der Waals surface area (Å²) in [5.74, 6) is 0. The van der Waals surface area contributed by atoms with Gasteiger partial charge in [-0.3, -0.25) is 0 Å². The second-order valence-corrected chi connectivity index (χ2v) is 6.59. The zero-order valence-corrected chi connectivity index (χ0v) is 13.3. The van der Waals surface area contributed by atoms with E-state index in [2.05, 4.69) is 32.0 Å². The number of hydrogen-bond donors (Lipinski definition) is 0. The van der Waals surface area contributed by atoms with Crippen LogP contribution in [-0.4, -0.2) is 36.2 Å². The van der Waals surface area contributed by atoms with Crippen molar-refractivity contribution in [3.05, 3.63) is 0 Å².